The van der Waals surface area contributed by atoms with E-state index in [2.05, 4.69) is 58.9 Å². The van der Waals surface area contributed by atoms with Crippen molar-refractivity contribution in [2.45, 2.75) is 19.4 Å². The van der Waals surface area contributed by atoms with Gasteiger partial charge in [0.25, 0.3) is 0 Å². The zero-order valence-electron chi connectivity index (χ0n) is 13.4. The van der Waals surface area contributed by atoms with E-state index in [-0.39, 0.29) is 0 Å². The second kappa shape index (κ2) is 6.73. The lowest BCUT2D eigenvalue weighted by molar-refractivity contribution is 0.202. The van der Waals surface area contributed by atoms with Crippen molar-refractivity contribution in [3.05, 3.63) is 57.1 Å². The van der Waals surface area contributed by atoms with Gasteiger partial charge in [0.1, 0.15) is 0 Å². The number of hydrogen-bond donors (Lipinski definition) is 1. The van der Waals surface area contributed by atoms with Crippen LogP contribution in [0, 0.1) is 0 Å². The van der Waals surface area contributed by atoms with Crippen LogP contribution in [0.2, 0.25) is 0 Å². The molecular formula is C19H22N2S2. The predicted molar refractivity (Wildman–Crippen MR) is 102 cm³/mol. The fourth-order valence-electron chi connectivity index (χ4n) is 3.41. The van der Waals surface area contributed by atoms with Gasteiger partial charge in [-0.2, -0.15) is 0 Å². The van der Waals surface area contributed by atoms with Crippen molar-refractivity contribution in [1.82, 2.24) is 10.2 Å². The molecule has 120 valence electrons. The van der Waals surface area contributed by atoms with E-state index < -0.39 is 0 Å². The molecule has 0 radical (unpaired) electrons. The first-order valence-electron chi connectivity index (χ1n) is 8.36. The van der Waals surface area contributed by atoms with Crippen molar-refractivity contribution in [2.24, 2.45) is 0 Å². The van der Waals surface area contributed by atoms with E-state index in [9.17, 15) is 0 Å². The Balaban J connectivity index is 1.80. The second-order valence-electron chi connectivity index (χ2n) is 6.03. The maximum Gasteiger partial charge on any atom is 0.0711 e. The maximum atomic E-state index is 3.48. The first-order valence-corrected chi connectivity index (χ1v) is 10.1. The molecule has 1 aliphatic rings. The lowest BCUT2D eigenvalue weighted by Gasteiger charge is -2.34. The minimum Gasteiger partial charge on any atom is -0.314 e. The highest BCUT2D eigenvalue weighted by Gasteiger charge is 2.27. The molecule has 0 saturated carbocycles. The molecular weight excluding hydrogens is 320 g/mol. The summed E-state index contributed by atoms with van der Waals surface area (Å²) in [7, 11) is 0. The van der Waals surface area contributed by atoms with Gasteiger partial charge in [0.15, 0.2) is 0 Å². The zero-order chi connectivity index (χ0) is 15.6. The number of fused-ring (bicyclic) bond motifs is 1. The quantitative estimate of drug-likeness (QED) is 0.750. The largest absolute Gasteiger partial charge is 0.314 e. The van der Waals surface area contributed by atoms with Gasteiger partial charge in [0.05, 0.1) is 6.04 Å². The Morgan fingerprint density at radius 1 is 1.13 bits per heavy atom. The summed E-state index contributed by atoms with van der Waals surface area (Å²) >= 11 is 3.86. The molecule has 23 heavy (non-hydrogen) atoms. The van der Waals surface area contributed by atoms with E-state index in [0.717, 1.165) is 32.6 Å². The van der Waals surface area contributed by atoms with Crippen LogP contribution >= 0.6 is 22.7 Å². The first kappa shape index (κ1) is 15.3. The van der Waals surface area contributed by atoms with Crippen LogP contribution in [0.3, 0.4) is 0 Å². The lowest BCUT2D eigenvalue weighted by Crippen LogP contribution is -2.45. The third kappa shape index (κ3) is 2.96. The van der Waals surface area contributed by atoms with Crippen molar-refractivity contribution >= 4 is 32.8 Å². The number of nitrogens with zero attached hydrogens (tertiary/aromatic N) is 1. The van der Waals surface area contributed by atoms with Gasteiger partial charge < -0.3 is 5.32 Å². The molecule has 1 atom stereocenters. The van der Waals surface area contributed by atoms with Gasteiger partial charge >= 0.3 is 0 Å². The Kier molecular flexibility index (Phi) is 4.49. The summed E-state index contributed by atoms with van der Waals surface area (Å²) in [5.41, 5.74) is 1.48. The highest BCUT2D eigenvalue weighted by atomic mass is 32.1. The number of benzene rings is 1. The van der Waals surface area contributed by atoms with E-state index in [1.54, 1.807) is 0 Å². The molecule has 3 aromatic rings. The molecule has 0 bridgehead atoms. The van der Waals surface area contributed by atoms with Crippen molar-refractivity contribution in [2.75, 3.05) is 26.2 Å². The van der Waals surface area contributed by atoms with Crippen LogP contribution in [0.5, 0.6) is 0 Å². The van der Waals surface area contributed by atoms with Crippen LogP contribution in [0.15, 0.2) is 41.8 Å². The molecule has 3 heterocycles. The summed E-state index contributed by atoms with van der Waals surface area (Å²) in [6.07, 6.45) is 1.13. The van der Waals surface area contributed by atoms with Gasteiger partial charge in [-0.25, -0.2) is 0 Å². The second-order valence-corrected chi connectivity index (χ2v) is 8.14. The van der Waals surface area contributed by atoms with E-state index in [1.165, 1.54) is 25.4 Å². The van der Waals surface area contributed by atoms with E-state index in [1.807, 2.05) is 22.7 Å². The molecule has 4 heteroatoms. The molecule has 1 saturated heterocycles. The standard InChI is InChI=1S/C19H22N2S2/c1-2-14-7-8-18(23-14)19(21-11-9-20-10-12-21)16-13-22-17-6-4-3-5-15(16)17/h3-8,13,19-20H,2,9-12H2,1H3. The molecule has 1 N–H and O–H groups in total. The molecule has 1 unspecified atom stereocenters. The molecule has 0 spiro atoms. The number of thiophene rings is 2. The van der Waals surface area contributed by atoms with Crippen LogP contribution in [0.4, 0.5) is 0 Å². The van der Waals surface area contributed by atoms with Crippen molar-refractivity contribution < 1.29 is 0 Å². The number of piperazine rings is 1. The normalized spacial score (nSPS) is 17.6. The minimum absolute atomic E-state index is 0.401. The third-order valence-electron chi connectivity index (χ3n) is 4.62. The fourth-order valence-corrected chi connectivity index (χ4v) is 5.50. The zero-order valence-corrected chi connectivity index (χ0v) is 15.1. The molecule has 4 rings (SSSR count). The number of nitrogens with one attached hydrogen (secondary N) is 1. The molecule has 1 aliphatic heterocycles. The maximum absolute atomic E-state index is 3.48. The summed E-state index contributed by atoms with van der Waals surface area (Å²) in [4.78, 5) is 5.63. The van der Waals surface area contributed by atoms with Crippen molar-refractivity contribution in [1.29, 1.82) is 0 Å². The van der Waals surface area contributed by atoms with Crippen LogP contribution in [0.1, 0.15) is 28.3 Å². The molecule has 1 fully saturated rings. The topological polar surface area (TPSA) is 15.3 Å². The molecule has 0 amide bonds. The number of hydrogen-bond acceptors (Lipinski definition) is 4. The van der Waals surface area contributed by atoms with E-state index in [4.69, 9.17) is 0 Å². The van der Waals surface area contributed by atoms with Crippen LogP contribution in [-0.2, 0) is 6.42 Å². The summed E-state index contributed by atoms with van der Waals surface area (Å²) in [5.74, 6) is 0. The third-order valence-corrected chi connectivity index (χ3v) is 6.89. The SMILES string of the molecule is CCc1ccc(C(c2csc3ccccc23)N2CCNCC2)s1. The number of rotatable bonds is 4. The Labute approximate surface area is 145 Å². The lowest BCUT2D eigenvalue weighted by atomic mass is 10.0. The van der Waals surface area contributed by atoms with Crippen molar-refractivity contribution in [3.63, 3.8) is 0 Å². The van der Waals surface area contributed by atoms with Crippen molar-refractivity contribution in [3.8, 4) is 0 Å². The Morgan fingerprint density at radius 2 is 1.96 bits per heavy atom. The smallest absolute Gasteiger partial charge is 0.0711 e. The first-order chi connectivity index (χ1) is 11.4. The average molecular weight is 343 g/mol. The molecule has 1 aromatic carbocycles. The summed E-state index contributed by atoms with van der Waals surface area (Å²) in [5, 5.41) is 7.29. The van der Waals surface area contributed by atoms with Gasteiger partial charge in [-0.3, -0.25) is 4.90 Å². The number of aryl methyl sites for hydroxylation is 1. The fraction of sp³-hybridized carbons (Fsp3) is 0.368. The molecule has 0 aliphatic carbocycles. The molecule has 2 aromatic heterocycles. The van der Waals surface area contributed by atoms with Crippen LogP contribution in [-0.4, -0.2) is 31.1 Å². The summed E-state index contributed by atoms with van der Waals surface area (Å²) < 4.78 is 1.40. The van der Waals surface area contributed by atoms with Crippen LogP contribution in [0.25, 0.3) is 10.1 Å². The Morgan fingerprint density at radius 3 is 2.74 bits per heavy atom. The van der Waals surface area contributed by atoms with Gasteiger partial charge in [0.2, 0.25) is 0 Å². The van der Waals surface area contributed by atoms with Gasteiger partial charge in [-0.05, 0) is 40.9 Å². The minimum atomic E-state index is 0.401. The highest BCUT2D eigenvalue weighted by molar-refractivity contribution is 7.17. The average Bonchev–Trinajstić information content (AvgIpc) is 3.24. The summed E-state index contributed by atoms with van der Waals surface area (Å²) in [6, 6.07) is 13.9. The summed E-state index contributed by atoms with van der Waals surface area (Å²) in [6.45, 7) is 6.66. The van der Waals surface area contributed by atoms with Gasteiger partial charge in [-0.15, -0.1) is 22.7 Å². The predicted octanol–water partition coefficient (Wildman–Crippen LogP) is 4.52. The Hall–Kier alpha value is -1.20. The van der Waals surface area contributed by atoms with Gasteiger partial charge in [0, 0.05) is 40.6 Å². The van der Waals surface area contributed by atoms with Gasteiger partial charge in [-0.1, -0.05) is 25.1 Å². The van der Waals surface area contributed by atoms with E-state index in [0.29, 0.717) is 6.04 Å². The highest BCUT2D eigenvalue weighted by Crippen LogP contribution is 2.39. The molecule has 2 nitrogen and oxygen atoms in total. The monoisotopic (exact) mass is 342 g/mol. The van der Waals surface area contributed by atoms with E-state index >= 15 is 0 Å². The Bertz CT molecular complexity index is 783. The van der Waals surface area contributed by atoms with Crippen LogP contribution < -0.4 is 5.32 Å².